The van der Waals surface area contributed by atoms with Gasteiger partial charge in [0, 0.05) is 6.04 Å². The van der Waals surface area contributed by atoms with Gasteiger partial charge in [0.15, 0.2) is 0 Å². The Balaban J connectivity index is 2.43. The molecule has 1 atom stereocenters. The highest BCUT2D eigenvalue weighted by molar-refractivity contribution is 7.99. The van der Waals surface area contributed by atoms with Gasteiger partial charge in [0.25, 0.3) is 0 Å². The summed E-state index contributed by atoms with van der Waals surface area (Å²) in [7, 11) is 0. The Hall–Kier alpha value is -0.690. The Kier molecular flexibility index (Phi) is 4.97. The van der Waals surface area contributed by atoms with E-state index < -0.39 is 5.92 Å². The van der Waals surface area contributed by atoms with Gasteiger partial charge in [-0.15, -0.1) is 0 Å². The van der Waals surface area contributed by atoms with Crippen LogP contribution in [0.4, 0.5) is 0 Å². The standard InChI is InChI=1S/C11H18N2OS/c1-8(2)10(7-12)11(14)13-9-3-5-15-6-4-9/h8-10H,3-6H2,1-2H3,(H,13,14). The van der Waals surface area contributed by atoms with Gasteiger partial charge >= 0.3 is 0 Å². The van der Waals surface area contributed by atoms with Crippen LogP contribution >= 0.6 is 11.8 Å². The van der Waals surface area contributed by atoms with Crippen molar-refractivity contribution in [3.63, 3.8) is 0 Å². The number of hydrogen-bond donors (Lipinski definition) is 1. The summed E-state index contributed by atoms with van der Waals surface area (Å²) in [6, 6.07) is 2.36. The SMILES string of the molecule is CC(C)C(C#N)C(=O)NC1CCSCC1. The van der Waals surface area contributed by atoms with Gasteiger partial charge in [-0.3, -0.25) is 4.79 Å². The normalized spacial score (nSPS) is 19.6. The second kappa shape index (κ2) is 6.02. The number of rotatable bonds is 3. The molecular weight excluding hydrogens is 208 g/mol. The summed E-state index contributed by atoms with van der Waals surface area (Å²) >= 11 is 1.93. The molecular formula is C11H18N2OS. The molecule has 84 valence electrons. The second-order valence-electron chi connectivity index (χ2n) is 4.25. The van der Waals surface area contributed by atoms with Crippen molar-refractivity contribution in [2.75, 3.05) is 11.5 Å². The van der Waals surface area contributed by atoms with E-state index in [0.29, 0.717) is 0 Å². The molecule has 0 radical (unpaired) electrons. The average Bonchev–Trinajstić information content (AvgIpc) is 2.19. The second-order valence-corrected chi connectivity index (χ2v) is 5.47. The number of nitriles is 1. The lowest BCUT2D eigenvalue weighted by Gasteiger charge is -2.24. The zero-order chi connectivity index (χ0) is 11.3. The van der Waals surface area contributed by atoms with E-state index in [-0.39, 0.29) is 17.9 Å². The molecule has 1 saturated heterocycles. The van der Waals surface area contributed by atoms with Crippen LogP contribution in [0.1, 0.15) is 26.7 Å². The van der Waals surface area contributed by atoms with Gasteiger partial charge in [0.05, 0.1) is 6.07 Å². The molecule has 4 heteroatoms. The van der Waals surface area contributed by atoms with E-state index in [0.717, 1.165) is 24.3 Å². The fraction of sp³-hybridized carbons (Fsp3) is 0.818. The fourth-order valence-electron chi connectivity index (χ4n) is 1.64. The minimum atomic E-state index is -0.500. The van der Waals surface area contributed by atoms with Crippen LogP contribution in [0, 0.1) is 23.2 Å². The molecule has 0 aliphatic carbocycles. The Morgan fingerprint density at radius 2 is 2.07 bits per heavy atom. The molecule has 1 N–H and O–H groups in total. The van der Waals surface area contributed by atoms with Gasteiger partial charge in [0.2, 0.25) is 5.91 Å². The molecule has 0 spiro atoms. The van der Waals surface area contributed by atoms with Crippen molar-refractivity contribution >= 4 is 17.7 Å². The van der Waals surface area contributed by atoms with Crippen molar-refractivity contribution in [2.45, 2.75) is 32.7 Å². The van der Waals surface area contributed by atoms with Gasteiger partial charge in [0.1, 0.15) is 5.92 Å². The van der Waals surface area contributed by atoms with Crippen LogP contribution in [-0.4, -0.2) is 23.5 Å². The lowest BCUT2D eigenvalue weighted by atomic mass is 9.96. The molecule has 0 aromatic rings. The molecule has 0 saturated carbocycles. The third-order valence-electron chi connectivity index (χ3n) is 2.66. The smallest absolute Gasteiger partial charge is 0.237 e. The van der Waals surface area contributed by atoms with E-state index in [1.54, 1.807) is 0 Å². The van der Waals surface area contributed by atoms with Crippen LogP contribution in [0.15, 0.2) is 0 Å². The molecule has 15 heavy (non-hydrogen) atoms. The Labute approximate surface area is 95.6 Å². The van der Waals surface area contributed by atoms with E-state index in [1.807, 2.05) is 25.6 Å². The highest BCUT2D eigenvalue weighted by atomic mass is 32.2. The van der Waals surface area contributed by atoms with Crippen LogP contribution in [0.2, 0.25) is 0 Å². The lowest BCUT2D eigenvalue weighted by Crippen LogP contribution is -2.41. The van der Waals surface area contributed by atoms with Crippen molar-refractivity contribution in [3.8, 4) is 6.07 Å². The largest absolute Gasteiger partial charge is 0.352 e. The summed E-state index contributed by atoms with van der Waals surface area (Å²) < 4.78 is 0. The number of nitrogens with one attached hydrogen (secondary N) is 1. The molecule has 3 nitrogen and oxygen atoms in total. The number of carbonyl (C=O) groups excluding carboxylic acids is 1. The molecule has 1 aliphatic heterocycles. The monoisotopic (exact) mass is 226 g/mol. The maximum absolute atomic E-state index is 11.7. The predicted molar refractivity (Wildman–Crippen MR) is 62.4 cm³/mol. The summed E-state index contributed by atoms with van der Waals surface area (Å²) in [5.74, 6) is 1.73. The summed E-state index contributed by atoms with van der Waals surface area (Å²) in [4.78, 5) is 11.7. The minimum absolute atomic E-state index is 0.0907. The first-order chi connectivity index (χ1) is 7.15. The van der Waals surface area contributed by atoms with Gasteiger partial charge in [-0.1, -0.05) is 13.8 Å². The third kappa shape index (κ3) is 3.75. The number of carbonyl (C=O) groups is 1. The average molecular weight is 226 g/mol. The predicted octanol–water partition coefficient (Wildman–Crippen LogP) is 1.79. The zero-order valence-corrected chi connectivity index (χ0v) is 10.1. The Morgan fingerprint density at radius 1 is 1.47 bits per heavy atom. The number of thioether (sulfide) groups is 1. The molecule has 0 aromatic carbocycles. The molecule has 0 bridgehead atoms. The van der Waals surface area contributed by atoms with E-state index >= 15 is 0 Å². The number of amides is 1. The molecule has 1 fully saturated rings. The summed E-state index contributed by atoms with van der Waals surface area (Å²) in [6.07, 6.45) is 2.07. The van der Waals surface area contributed by atoms with E-state index in [9.17, 15) is 4.79 Å². The molecule has 1 rings (SSSR count). The van der Waals surface area contributed by atoms with E-state index in [4.69, 9.17) is 5.26 Å². The molecule has 1 aliphatic rings. The zero-order valence-electron chi connectivity index (χ0n) is 9.32. The summed E-state index contributed by atoms with van der Waals surface area (Å²) in [6.45, 7) is 3.81. The maximum atomic E-state index is 11.7. The van der Waals surface area contributed by atoms with Crippen LogP contribution in [0.5, 0.6) is 0 Å². The van der Waals surface area contributed by atoms with Gasteiger partial charge in [-0.2, -0.15) is 17.0 Å². The number of nitrogens with zero attached hydrogens (tertiary/aromatic N) is 1. The Bertz CT molecular complexity index is 254. The van der Waals surface area contributed by atoms with Crippen LogP contribution < -0.4 is 5.32 Å². The Morgan fingerprint density at radius 3 is 2.53 bits per heavy atom. The molecule has 1 heterocycles. The van der Waals surface area contributed by atoms with Crippen LogP contribution in [0.3, 0.4) is 0 Å². The quantitative estimate of drug-likeness (QED) is 0.798. The van der Waals surface area contributed by atoms with E-state index in [1.165, 1.54) is 0 Å². The highest BCUT2D eigenvalue weighted by Gasteiger charge is 2.24. The van der Waals surface area contributed by atoms with Crippen molar-refractivity contribution in [2.24, 2.45) is 11.8 Å². The molecule has 1 unspecified atom stereocenters. The first kappa shape index (κ1) is 12.4. The van der Waals surface area contributed by atoms with Gasteiger partial charge in [-0.05, 0) is 30.3 Å². The first-order valence-electron chi connectivity index (χ1n) is 5.43. The first-order valence-corrected chi connectivity index (χ1v) is 6.58. The maximum Gasteiger partial charge on any atom is 0.237 e. The van der Waals surface area contributed by atoms with Crippen LogP contribution in [-0.2, 0) is 4.79 Å². The van der Waals surface area contributed by atoms with Crippen molar-refractivity contribution in [1.29, 1.82) is 5.26 Å². The fourth-order valence-corrected chi connectivity index (χ4v) is 2.75. The van der Waals surface area contributed by atoms with Crippen molar-refractivity contribution in [3.05, 3.63) is 0 Å². The number of hydrogen-bond acceptors (Lipinski definition) is 3. The van der Waals surface area contributed by atoms with Gasteiger partial charge in [-0.25, -0.2) is 0 Å². The van der Waals surface area contributed by atoms with E-state index in [2.05, 4.69) is 11.4 Å². The van der Waals surface area contributed by atoms with Crippen LogP contribution in [0.25, 0.3) is 0 Å². The molecule has 1 amide bonds. The topological polar surface area (TPSA) is 52.9 Å². The molecule has 0 aromatic heterocycles. The third-order valence-corrected chi connectivity index (χ3v) is 3.70. The van der Waals surface area contributed by atoms with Gasteiger partial charge < -0.3 is 5.32 Å². The summed E-state index contributed by atoms with van der Waals surface area (Å²) in [5.41, 5.74) is 0. The minimum Gasteiger partial charge on any atom is -0.352 e. The van der Waals surface area contributed by atoms with Crippen molar-refractivity contribution in [1.82, 2.24) is 5.32 Å². The lowest BCUT2D eigenvalue weighted by molar-refractivity contribution is -0.125. The van der Waals surface area contributed by atoms with Crippen molar-refractivity contribution < 1.29 is 4.79 Å². The summed E-state index contributed by atoms with van der Waals surface area (Å²) in [5, 5.41) is 11.9. The highest BCUT2D eigenvalue weighted by Crippen LogP contribution is 2.18.